The van der Waals surface area contributed by atoms with E-state index in [2.05, 4.69) is 21.2 Å². The Balaban J connectivity index is 1.77. The zero-order valence-electron chi connectivity index (χ0n) is 22.3. The van der Waals surface area contributed by atoms with Crippen LogP contribution in [0, 0.1) is 0 Å². The molecule has 0 aromatic heterocycles. The number of carbonyl (C=O) groups excluding carboxylic acids is 2. The quantitative estimate of drug-likeness (QED) is 0.225. The number of hydrogen-bond donors (Lipinski definition) is 1. The van der Waals surface area contributed by atoms with Gasteiger partial charge in [-0.15, -0.1) is 0 Å². The Bertz CT molecular complexity index is 1570. The molecule has 2 amide bonds. The lowest BCUT2D eigenvalue weighted by Gasteiger charge is -2.33. The van der Waals surface area contributed by atoms with Gasteiger partial charge in [0, 0.05) is 29.5 Å². The lowest BCUT2D eigenvalue weighted by atomic mass is 10.0. The second-order valence-electron chi connectivity index (χ2n) is 9.27. The van der Waals surface area contributed by atoms with Crippen LogP contribution in [0.2, 0.25) is 5.02 Å². The van der Waals surface area contributed by atoms with Crippen molar-refractivity contribution in [1.29, 1.82) is 0 Å². The average Bonchev–Trinajstić information content (AvgIpc) is 2.99. The minimum Gasteiger partial charge on any atom is -0.357 e. The number of benzene rings is 4. The van der Waals surface area contributed by atoms with Crippen molar-refractivity contribution in [3.63, 3.8) is 0 Å². The van der Waals surface area contributed by atoms with E-state index in [9.17, 15) is 18.0 Å². The number of anilines is 1. The van der Waals surface area contributed by atoms with Crippen molar-refractivity contribution in [1.82, 2.24) is 10.2 Å². The summed E-state index contributed by atoms with van der Waals surface area (Å²) in [4.78, 5) is 28.9. The third-order valence-electron chi connectivity index (χ3n) is 6.51. The summed E-state index contributed by atoms with van der Waals surface area (Å²) >= 11 is 9.47. The van der Waals surface area contributed by atoms with Crippen molar-refractivity contribution >= 4 is 55.1 Å². The summed E-state index contributed by atoms with van der Waals surface area (Å²) in [6.07, 6.45) is 0.240. The Kier molecular flexibility index (Phi) is 10.2. The van der Waals surface area contributed by atoms with Crippen molar-refractivity contribution in [3.8, 4) is 0 Å². The minimum atomic E-state index is -4.13. The largest absolute Gasteiger partial charge is 0.357 e. The van der Waals surface area contributed by atoms with Crippen LogP contribution in [0.25, 0.3) is 0 Å². The Morgan fingerprint density at radius 3 is 2.00 bits per heavy atom. The van der Waals surface area contributed by atoms with Crippen LogP contribution in [0.5, 0.6) is 0 Å². The SMILES string of the molecule is CNC(=O)C(Cc1ccccc1)N(Cc1ccc(Cl)cc1)C(=O)CN(c1ccc(Br)cc1)S(=O)(=O)c1ccccc1. The van der Waals surface area contributed by atoms with Crippen LogP contribution in [-0.4, -0.2) is 44.8 Å². The molecule has 0 heterocycles. The van der Waals surface area contributed by atoms with Crippen molar-refractivity contribution in [2.45, 2.75) is 23.9 Å². The Morgan fingerprint density at radius 2 is 1.41 bits per heavy atom. The van der Waals surface area contributed by atoms with Crippen LogP contribution in [0.15, 0.2) is 119 Å². The normalized spacial score (nSPS) is 11.9. The molecule has 1 unspecified atom stereocenters. The summed E-state index contributed by atoms with van der Waals surface area (Å²) in [6.45, 7) is -0.449. The fourth-order valence-corrected chi connectivity index (χ4v) is 6.19. The van der Waals surface area contributed by atoms with Gasteiger partial charge in [0.2, 0.25) is 11.8 Å². The topological polar surface area (TPSA) is 86.8 Å². The number of rotatable bonds is 11. The first-order chi connectivity index (χ1) is 19.7. The van der Waals surface area contributed by atoms with Gasteiger partial charge in [-0.1, -0.05) is 88.2 Å². The van der Waals surface area contributed by atoms with Crippen molar-refractivity contribution in [2.24, 2.45) is 0 Å². The predicted octanol–water partition coefficient (Wildman–Crippen LogP) is 5.68. The van der Waals surface area contributed by atoms with Gasteiger partial charge in [-0.2, -0.15) is 0 Å². The highest BCUT2D eigenvalue weighted by Crippen LogP contribution is 2.26. The number of carbonyl (C=O) groups is 2. The van der Waals surface area contributed by atoms with E-state index < -0.39 is 28.5 Å². The van der Waals surface area contributed by atoms with E-state index in [4.69, 9.17) is 11.6 Å². The smallest absolute Gasteiger partial charge is 0.264 e. The highest BCUT2D eigenvalue weighted by molar-refractivity contribution is 9.10. The molecule has 4 rings (SSSR count). The lowest BCUT2D eigenvalue weighted by Crippen LogP contribution is -2.53. The van der Waals surface area contributed by atoms with E-state index >= 15 is 0 Å². The third-order valence-corrected chi connectivity index (χ3v) is 9.08. The summed E-state index contributed by atoms with van der Waals surface area (Å²) < 4.78 is 29.6. The summed E-state index contributed by atoms with van der Waals surface area (Å²) in [6, 6.07) is 30.1. The van der Waals surface area contributed by atoms with Gasteiger partial charge in [-0.05, 0) is 59.7 Å². The van der Waals surface area contributed by atoms with E-state index in [0.29, 0.717) is 10.7 Å². The molecule has 0 saturated carbocycles. The maximum atomic E-state index is 14.2. The zero-order valence-corrected chi connectivity index (χ0v) is 25.4. The number of nitrogens with one attached hydrogen (secondary N) is 1. The molecule has 0 aliphatic carbocycles. The first-order valence-corrected chi connectivity index (χ1v) is 15.4. The maximum absolute atomic E-state index is 14.2. The average molecular weight is 655 g/mol. The molecular weight excluding hydrogens is 626 g/mol. The van der Waals surface area contributed by atoms with Gasteiger partial charge in [-0.25, -0.2) is 8.42 Å². The van der Waals surface area contributed by atoms with Gasteiger partial charge < -0.3 is 10.2 Å². The second kappa shape index (κ2) is 13.8. The lowest BCUT2D eigenvalue weighted by molar-refractivity contribution is -0.139. The van der Waals surface area contributed by atoms with E-state index in [1.54, 1.807) is 66.7 Å². The number of nitrogens with zero attached hydrogens (tertiary/aromatic N) is 2. The fourth-order valence-electron chi connectivity index (χ4n) is 4.36. The van der Waals surface area contributed by atoms with E-state index in [-0.39, 0.29) is 23.8 Å². The van der Waals surface area contributed by atoms with Gasteiger partial charge in [0.1, 0.15) is 12.6 Å². The number of sulfonamides is 1. The van der Waals surface area contributed by atoms with Crippen LogP contribution in [-0.2, 0) is 32.6 Å². The molecule has 212 valence electrons. The van der Waals surface area contributed by atoms with Gasteiger partial charge in [0.15, 0.2) is 0 Å². The molecule has 4 aromatic carbocycles. The Hall–Kier alpha value is -3.66. The zero-order chi connectivity index (χ0) is 29.4. The maximum Gasteiger partial charge on any atom is 0.264 e. The van der Waals surface area contributed by atoms with E-state index in [0.717, 1.165) is 19.9 Å². The number of hydrogen-bond acceptors (Lipinski definition) is 4. The number of halogens is 2. The summed E-state index contributed by atoms with van der Waals surface area (Å²) in [5.41, 5.74) is 1.92. The molecule has 10 heteroatoms. The van der Waals surface area contributed by atoms with Crippen LogP contribution in [0.1, 0.15) is 11.1 Å². The molecule has 1 N–H and O–H groups in total. The molecule has 0 aliphatic rings. The molecule has 1 atom stereocenters. The monoisotopic (exact) mass is 653 g/mol. The van der Waals surface area contributed by atoms with Crippen molar-refractivity contribution in [3.05, 3.63) is 130 Å². The first-order valence-electron chi connectivity index (χ1n) is 12.8. The highest BCUT2D eigenvalue weighted by atomic mass is 79.9. The van der Waals surface area contributed by atoms with Gasteiger partial charge in [0.25, 0.3) is 10.0 Å². The highest BCUT2D eigenvalue weighted by Gasteiger charge is 2.34. The van der Waals surface area contributed by atoms with Gasteiger partial charge in [-0.3, -0.25) is 13.9 Å². The Morgan fingerprint density at radius 1 is 0.829 bits per heavy atom. The van der Waals surface area contributed by atoms with E-state index in [1.807, 2.05) is 30.3 Å². The molecule has 0 bridgehead atoms. The van der Waals surface area contributed by atoms with Gasteiger partial charge >= 0.3 is 0 Å². The molecule has 0 spiro atoms. The molecular formula is C31H29BrClN3O4S. The van der Waals surface area contributed by atoms with Crippen LogP contribution >= 0.6 is 27.5 Å². The Labute approximate surface area is 253 Å². The summed E-state index contributed by atoms with van der Waals surface area (Å²) in [7, 11) is -2.62. The van der Waals surface area contributed by atoms with Crippen LogP contribution in [0.4, 0.5) is 5.69 Å². The molecule has 0 aliphatic heterocycles. The minimum absolute atomic E-state index is 0.0482. The van der Waals surface area contributed by atoms with Crippen molar-refractivity contribution in [2.75, 3.05) is 17.9 Å². The summed E-state index contributed by atoms with van der Waals surface area (Å²) in [5, 5.41) is 3.21. The molecule has 0 saturated heterocycles. The molecule has 7 nitrogen and oxygen atoms in total. The first kappa shape index (κ1) is 30.3. The van der Waals surface area contributed by atoms with Crippen LogP contribution in [0.3, 0.4) is 0 Å². The van der Waals surface area contributed by atoms with Crippen molar-refractivity contribution < 1.29 is 18.0 Å². The third kappa shape index (κ3) is 7.75. The van der Waals surface area contributed by atoms with Crippen LogP contribution < -0.4 is 9.62 Å². The fraction of sp³-hybridized carbons (Fsp3) is 0.161. The molecule has 0 radical (unpaired) electrons. The predicted molar refractivity (Wildman–Crippen MR) is 165 cm³/mol. The van der Waals surface area contributed by atoms with Gasteiger partial charge in [0.05, 0.1) is 10.6 Å². The molecule has 4 aromatic rings. The van der Waals surface area contributed by atoms with E-state index in [1.165, 1.54) is 24.1 Å². The second-order valence-corrected chi connectivity index (χ2v) is 12.5. The molecule has 41 heavy (non-hydrogen) atoms. The number of likely N-dealkylation sites (N-methyl/N-ethyl adjacent to an activating group) is 1. The summed E-state index contributed by atoms with van der Waals surface area (Å²) in [5.74, 6) is -0.899. The molecule has 0 fully saturated rings. The number of amides is 2. The standard InChI is InChI=1S/C31H29BrClN3O4S/c1-34-31(38)29(20-23-8-4-2-5-9-23)35(21-24-12-16-26(33)17-13-24)30(37)22-36(27-18-14-25(32)15-19-27)41(39,40)28-10-6-3-7-11-28/h2-19,29H,20-22H2,1H3,(H,34,38).